The van der Waals surface area contributed by atoms with Gasteiger partial charge in [0.1, 0.15) is 0 Å². The quantitative estimate of drug-likeness (QED) is 0.432. The molecule has 0 aliphatic heterocycles. The first-order chi connectivity index (χ1) is 12.1. The number of nitrogens with one attached hydrogen (secondary N) is 1. The van der Waals surface area contributed by atoms with Crippen LogP contribution in [0.3, 0.4) is 0 Å². The Kier molecular flexibility index (Phi) is 3.62. The maximum atomic E-state index is 12.5. The van der Waals surface area contributed by atoms with Crippen molar-refractivity contribution >= 4 is 49.1 Å². The van der Waals surface area contributed by atoms with E-state index in [1.807, 2.05) is 36.4 Å². The summed E-state index contributed by atoms with van der Waals surface area (Å²) in [5.41, 5.74) is 1.15. The number of nitro groups is 1. The van der Waals surface area contributed by atoms with Crippen LogP contribution in [0.4, 0.5) is 10.8 Å². The first kappa shape index (κ1) is 15.2. The van der Waals surface area contributed by atoms with Crippen LogP contribution in [0.1, 0.15) is 10.4 Å². The molecule has 1 heterocycles. The number of hydrogen-bond donors (Lipinski definition) is 1. The number of non-ortho nitro benzene ring substituents is 1. The first-order valence-corrected chi connectivity index (χ1v) is 8.27. The standard InChI is InChI=1S/C18H11N3O3S/c22-17(13-6-5-11-3-1-2-4-12(11)9-13)20-18-19-15-8-7-14(21(23)24)10-16(15)25-18/h1-10H,(H,19,20,22). The van der Waals surface area contributed by atoms with Gasteiger partial charge in [-0.2, -0.15) is 0 Å². The monoisotopic (exact) mass is 349 g/mol. The fourth-order valence-corrected chi connectivity index (χ4v) is 3.47. The van der Waals surface area contributed by atoms with Gasteiger partial charge < -0.3 is 0 Å². The Morgan fingerprint density at radius 1 is 1.04 bits per heavy atom. The number of fused-ring (bicyclic) bond motifs is 2. The van der Waals surface area contributed by atoms with Gasteiger partial charge in [-0.1, -0.05) is 41.7 Å². The van der Waals surface area contributed by atoms with Gasteiger partial charge in [0.15, 0.2) is 5.13 Å². The molecule has 1 aromatic heterocycles. The molecule has 0 fully saturated rings. The van der Waals surface area contributed by atoms with Gasteiger partial charge in [-0.25, -0.2) is 4.98 Å². The van der Waals surface area contributed by atoms with Crippen LogP contribution in [-0.4, -0.2) is 15.8 Å². The van der Waals surface area contributed by atoms with Crippen molar-refractivity contribution in [2.75, 3.05) is 5.32 Å². The minimum Gasteiger partial charge on any atom is -0.298 e. The molecule has 0 atom stereocenters. The third-order valence-electron chi connectivity index (χ3n) is 3.81. The fourth-order valence-electron chi connectivity index (χ4n) is 2.58. The SMILES string of the molecule is O=C(Nc1nc2ccc([N+](=O)[O-])cc2s1)c1ccc2ccccc2c1. The lowest BCUT2D eigenvalue weighted by atomic mass is 10.1. The van der Waals surface area contributed by atoms with Crippen LogP contribution in [0.15, 0.2) is 60.7 Å². The van der Waals surface area contributed by atoms with E-state index in [-0.39, 0.29) is 11.6 Å². The molecule has 7 heteroatoms. The average Bonchev–Trinajstić information content (AvgIpc) is 3.02. The molecule has 0 bridgehead atoms. The summed E-state index contributed by atoms with van der Waals surface area (Å²) in [5, 5.41) is 16.1. The number of hydrogen-bond acceptors (Lipinski definition) is 5. The summed E-state index contributed by atoms with van der Waals surface area (Å²) < 4.78 is 0.656. The zero-order valence-electron chi connectivity index (χ0n) is 12.8. The topological polar surface area (TPSA) is 85.1 Å². The Bertz CT molecular complexity index is 1140. The molecule has 122 valence electrons. The van der Waals surface area contributed by atoms with E-state index in [0.29, 0.717) is 20.9 Å². The van der Waals surface area contributed by atoms with Crippen LogP contribution >= 0.6 is 11.3 Å². The molecule has 1 N–H and O–H groups in total. The Balaban J connectivity index is 1.62. The summed E-state index contributed by atoms with van der Waals surface area (Å²) in [4.78, 5) is 27.2. The van der Waals surface area contributed by atoms with Crippen LogP contribution in [0.5, 0.6) is 0 Å². The average molecular weight is 349 g/mol. The number of rotatable bonds is 3. The van der Waals surface area contributed by atoms with E-state index in [1.165, 1.54) is 23.5 Å². The molecule has 0 saturated carbocycles. The fraction of sp³-hybridized carbons (Fsp3) is 0. The van der Waals surface area contributed by atoms with Crippen LogP contribution < -0.4 is 5.32 Å². The molecule has 6 nitrogen and oxygen atoms in total. The largest absolute Gasteiger partial charge is 0.298 e. The highest BCUT2D eigenvalue weighted by Gasteiger charge is 2.13. The number of anilines is 1. The summed E-state index contributed by atoms with van der Waals surface area (Å²) >= 11 is 1.21. The predicted octanol–water partition coefficient (Wildman–Crippen LogP) is 4.61. The first-order valence-electron chi connectivity index (χ1n) is 7.45. The van der Waals surface area contributed by atoms with E-state index in [1.54, 1.807) is 12.1 Å². The molecule has 0 aliphatic rings. The Labute approximate surface area is 145 Å². The minimum atomic E-state index is -0.452. The molecule has 0 saturated heterocycles. The van der Waals surface area contributed by atoms with Gasteiger partial charge in [0, 0.05) is 17.7 Å². The zero-order chi connectivity index (χ0) is 17.4. The maximum absolute atomic E-state index is 12.5. The van der Waals surface area contributed by atoms with Crippen molar-refractivity contribution in [1.82, 2.24) is 4.98 Å². The van der Waals surface area contributed by atoms with Crippen LogP contribution in [0.2, 0.25) is 0 Å². The Morgan fingerprint density at radius 3 is 2.64 bits per heavy atom. The molecule has 4 rings (SSSR count). The van der Waals surface area contributed by atoms with Crippen LogP contribution in [0.25, 0.3) is 21.0 Å². The van der Waals surface area contributed by atoms with Crippen molar-refractivity contribution < 1.29 is 9.72 Å². The molecule has 0 radical (unpaired) electrons. The van der Waals surface area contributed by atoms with Gasteiger partial charge in [-0.05, 0) is 29.0 Å². The van der Waals surface area contributed by atoms with Crippen molar-refractivity contribution in [1.29, 1.82) is 0 Å². The van der Waals surface area contributed by atoms with E-state index in [9.17, 15) is 14.9 Å². The number of carbonyl (C=O) groups is 1. The van der Waals surface area contributed by atoms with E-state index < -0.39 is 4.92 Å². The smallest absolute Gasteiger partial charge is 0.270 e. The molecule has 0 unspecified atom stereocenters. The number of thiazole rings is 1. The number of nitro benzene ring substituents is 1. The van der Waals surface area contributed by atoms with Gasteiger partial charge in [0.05, 0.1) is 15.1 Å². The lowest BCUT2D eigenvalue weighted by Crippen LogP contribution is -2.11. The van der Waals surface area contributed by atoms with Crippen LogP contribution in [-0.2, 0) is 0 Å². The van der Waals surface area contributed by atoms with Crippen LogP contribution in [0, 0.1) is 10.1 Å². The lowest BCUT2D eigenvalue weighted by molar-refractivity contribution is -0.384. The number of aromatic nitrogens is 1. The normalized spacial score (nSPS) is 10.9. The molecule has 3 aromatic carbocycles. The van der Waals surface area contributed by atoms with Gasteiger partial charge in [-0.15, -0.1) is 0 Å². The van der Waals surface area contributed by atoms with Crippen molar-refractivity contribution in [2.45, 2.75) is 0 Å². The molecular formula is C18H11N3O3S. The molecule has 25 heavy (non-hydrogen) atoms. The summed E-state index contributed by atoms with van der Waals surface area (Å²) in [7, 11) is 0. The highest BCUT2D eigenvalue weighted by molar-refractivity contribution is 7.22. The third kappa shape index (κ3) is 2.92. The molecule has 4 aromatic rings. The number of carbonyl (C=O) groups excluding carboxylic acids is 1. The highest BCUT2D eigenvalue weighted by atomic mass is 32.1. The second kappa shape index (κ2) is 5.95. The maximum Gasteiger partial charge on any atom is 0.270 e. The van der Waals surface area contributed by atoms with Crippen molar-refractivity contribution in [3.8, 4) is 0 Å². The minimum absolute atomic E-state index is 0.00329. The number of amides is 1. The van der Waals surface area contributed by atoms with Crippen molar-refractivity contribution in [3.05, 3.63) is 76.3 Å². The summed E-state index contributed by atoms with van der Waals surface area (Å²) in [6.07, 6.45) is 0. The molecule has 0 spiro atoms. The van der Waals surface area contributed by atoms with Crippen molar-refractivity contribution in [3.63, 3.8) is 0 Å². The summed E-state index contributed by atoms with van der Waals surface area (Å²) in [6, 6.07) is 17.7. The van der Waals surface area contributed by atoms with E-state index in [2.05, 4.69) is 10.3 Å². The lowest BCUT2D eigenvalue weighted by Gasteiger charge is -2.03. The van der Waals surface area contributed by atoms with Gasteiger partial charge in [-0.3, -0.25) is 20.2 Å². The molecule has 1 amide bonds. The summed E-state index contributed by atoms with van der Waals surface area (Å²) in [5.74, 6) is -0.265. The highest BCUT2D eigenvalue weighted by Crippen LogP contribution is 2.29. The van der Waals surface area contributed by atoms with E-state index in [4.69, 9.17) is 0 Å². The Morgan fingerprint density at radius 2 is 1.84 bits per heavy atom. The van der Waals surface area contributed by atoms with Gasteiger partial charge in [0.25, 0.3) is 11.6 Å². The second-order valence-corrected chi connectivity index (χ2v) is 6.47. The number of benzene rings is 3. The number of nitrogens with zero attached hydrogens (tertiary/aromatic N) is 2. The van der Waals surface area contributed by atoms with Gasteiger partial charge >= 0.3 is 0 Å². The predicted molar refractivity (Wildman–Crippen MR) is 98.2 cm³/mol. The van der Waals surface area contributed by atoms with Gasteiger partial charge in [0.2, 0.25) is 0 Å². The second-order valence-electron chi connectivity index (χ2n) is 5.44. The zero-order valence-corrected chi connectivity index (χ0v) is 13.6. The van der Waals surface area contributed by atoms with Crippen molar-refractivity contribution in [2.24, 2.45) is 0 Å². The third-order valence-corrected chi connectivity index (χ3v) is 4.75. The molecular weight excluding hydrogens is 338 g/mol. The Hall–Kier alpha value is -3.32. The summed E-state index contributed by atoms with van der Waals surface area (Å²) in [6.45, 7) is 0. The van der Waals surface area contributed by atoms with E-state index in [0.717, 1.165) is 10.8 Å². The van der Waals surface area contributed by atoms with E-state index >= 15 is 0 Å². The molecule has 0 aliphatic carbocycles.